The standard InChI is InChI=1S/C21H23N5/c1-5-15-14(2)16(13-22)20-23-17-9-6-7-10-18(17)26(20)21(15)25-12-8-11-19(25)24(3)4/h5-7,9-10,19H,1,8,11-12H2,2-4H3/t19-/m0/s1. The van der Waals surface area contributed by atoms with Crippen LogP contribution >= 0.6 is 0 Å². The summed E-state index contributed by atoms with van der Waals surface area (Å²) >= 11 is 0. The Morgan fingerprint density at radius 2 is 2.12 bits per heavy atom. The molecule has 0 amide bonds. The fourth-order valence-corrected chi connectivity index (χ4v) is 4.19. The third-order valence-corrected chi connectivity index (χ3v) is 5.42. The molecular weight excluding hydrogens is 322 g/mol. The zero-order valence-corrected chi connectivity index (χ0v) is 15.5. The molecule has 26 heavy (non-hydrogen) atoms. The van der Waals surface area contributed by atoms with Gasteiger partial charge in [0.05, 0.1) is 22.8 Å². The second-order valence-corrected chi connectivity index (χ2v) is 7.09. The number of nitrogens with zero attached hydrogens (tertiary/aromatic N) is 5. The molecule has 132 valence electrons. The number of rotatable bonds is 3. The van der Waals surface area contributed by atoms with E-state index in [9.17, 15) is 5.26 Å². The Morgan fingerprint density at radius 1 is 1.35 bits per heavy atom. The van der Waals surface area contributed by atoms with Crippen LogP contribution in [0.2, 0.25) is 0 Å². The summed E-state index contributed by atoms with van der Waals surface area (Å²) in [4.78, 5) is 9.49. The van der Waals surface area contributed by atoms with E-state index < -0.39 is 0 Å². The van der Waals surface area contributed by atoms with Crippen molar-refractivity contribution in [1.82, 2.24) is 14.3 Å². The second-order valence-electron chi connectivity index (χ2n) is 7.09. The van der Waals surface area contributed by atoms with Gasteiger partial charge in [0.15, 0.2) is 5.65 Å². The van der Waals surface area contributed by atoms with Crippen molar-refractivity contribution < 1.29 is 0 Å². The molecule has 3 heterocycles. The Hall–Kier alpha value is -2.84. The van der Waals surface area contributed by atoms with E-state index in [1.807, 2.05) is 31.2 Å². The predicted octanol–water partition coefficient (Wildman–Crippen LogP) is 3.80. The van der Waals surface area contributed by atoms with Gasteiger partial charge in [0.2, 0.25) is 0 Å². The Bertz CT molecular complexity index is 1050. The van der Waals surface area contributed by atoms with Gasteiger partial charge < -0.3 is 4.90 Å². The van der Waals surface area contributed by atoms with Crippen molar-refractivity contribution in [2.45, 2.75) is 25.9 Å². The van der Waals surface area contributed by atoms with Crippen molar-refractivity contribution in [2.24, 2.45) is 0 Å². The number of nitriles is 1. The van der Waals surface area contributed by atoms with Gasteiger partial charge in [-0.1, -0.05) is 24.8 Å². The van der Waals surface area contributed by atoms with Crippen molar-refractivity contribution in [2.75, 3.05) is 25.5 Å². The van der Waals surface area contributed by atoms with Crippen LogP contribution in [0.4, 0.5) is 5.82 Å². The van der Waals surface area contributed by atoms with Gasteiger partial charge in [-0.2, -0.15) is 5.26 Å². The summed E-state index contributed by atoms with van der Waals surface area (Å²) in [5, 5.41) is 9.80. The molecule has 4 rings (SSSR count). The molecule has 1 aliphatic heterocycles. The minimum atomic E-state index is 0.324. The number of imidazole rings is 1. The van der Waals surface area contributed by atoms with Crippen LogP contribution in [0, 0.1) is 18.3 Å². The van der Waals surface area contributed by atoms with E-state index in [0.717, 1.165) is 53.0 Å². The maximum Gasteiger partial charge on any atom is 0.157 e. The average molecular weight is 345 g/mol. The minimum absolute atomic E-state index is 0.324. The van der Waals surface area contributed by atoms with Crippen molar-refractivity contribution in [3.63, 3.8) is 0 Å². The highest BCUT2D eigenvalue weighted by Crippen LogP contribution is 2.37. The van der Waals surface area contributed by atoms with Crippen LogP contribution < -0.4 is 4.90 Å². The summed E-state index contributed by atoms with van der Waals surface area (Å²) in [5.41, 5.74) is 5.26. The van der Waals surface area contributed by atoms with Gasteiger partial charge in [-0.3, -0.25) is 9.30 Å². The van der Waals surface area contributed by atoms with Crippen molar-refractivity contribution in [3.05, 3.63) is 47.5 Å². The van der Waals surface area contributed by atoms with Gasteiger partial charge in [0.1, 0.15) is 11.9 Å². The largest absolute Gasteiger partial charge is 0.341 e. The molecule has 1 saturated heterocycles. The van der Waals surface area contributed by atoms with Crippen LogP contribution in [0.3, 0.4) is 0 Å². The van der Waals surface area contributed by atoms with Crippen LogP contribution in [-0.4, -0.2) is 41.1 Å². The van der Waals surface area contributed by atoms with Crippen LogP contribution in [0.5, 0.6) is 0 Å². The van der Waals surface area contributed by atoms with Gasteiger partial charge in [0, 0.05) is 12.1 Å². The Labute approximate surface area is 153 Å². The van der Waals surface area contributed by atoms with Gasteiger partial charge in [0.25, 0.3) is 0 Å². The zero-order chi connectivity index (χ0) is 18.4. The normalized spacial score (nSPS) is 17.3. The van der Waals surface area contributed by atoms with E-state index in [4.69, 9.17) is 4.98 Å². The highest BCUT2D eigenvalue weighted by Gasteiger charge is 2.31. The lowest BCUT2D eigenvalue weighted by Gasteiger charge is -2.34. The molecule has 3 aromatic rings. The molecule has 1 aliphatic rings. The lowest BCUT2D eigenvalue weighted by Crippen LogP contribution is -2.41. The molecule has 5 heteroatoms. The van der Waals surface area contributed by atoms with Gasteiger partial charge in [-0.05, 0) is 51.6 Å². The van der Waals surface area contributed by atoms with E-state index in [1.165, 1.54) is 0 Å². The number of para-hydroxylation sites is 2. The number of pyridine rings is 1. The second kappa shape index (κ2) is 6.15. The van der Waals surface area contributed by atoms with Crippen LogP contribution in [-0.2, 0) is 0 Å². The molecule has 1 atom stereocenters. The summed E-state index contributed by atoms with van der Waals surface area (Å²) < 4.78 is 2.15. The minimum Gasteiger partial charge on any atom is -0.341 e. The summed E-state index contributed by atoms with van der Waals surface area (Å²) in [6.45, 7) is 7.04. The smallest absolute Gasteiger partial charge is 0.157 e. The maximum atomic E-state index is 9.80. The first kappa shape index (κ1) is 16.6. The average Bonchev–Trinajstić information content (AvgIpc) is 3.25. The molecule has 0 N–H and O–H groups in total. The van der Waals surface area contributed by atoms with Crippen LogP contribution in [0.25, 0.3) is 22.8 Å². The van der Waals surface area contributed by atoms with Gasteiger partial charge in [-0.25, -0.2) is 4.98 Å². The molecule has 0 spiro atoms. The molecule has 0 bridgehead atoms. The van der Waals surface area contributed by atoms with E-state index in [2.05, 4.69) is 47.0 Å². The maximum absolute atomic E-state index is 9.80. The first-order chi connectivity index (χ1) is 12.6. The van der Waals surface area contributed by atoms with E-state index in [-0.39, 0.29) is 0 Å². The quantitative estimate of drug-likeness (QED) is 0.724. The van der Waals surface area contributed by atoms with Crippen molar-refractivity contribution >= 4 is 28.6 Å². The van der Waals surface area contributed by atoms with E-state index >= 15 is 0 Å². The molecule has 0 unspecified atom stereocenters. The van der Waals surface area contributed by atoms with Crippen molar-refractivity contribution in [1.29, 1.82) is 5.26 Å². The highest BCUT2D eigenvalue weighted by atomic mass is 15.4. The topological polar surface area (TPSA) is 47.6 Å². The third-order valence-electron chi connectivity index (χ3n) is 5.42. The number of hydrogen-bond donors (Lipinski definition) is 0. The highest BCUT2D eigenvalue weighted by molar-refractivity contribution is 5.88. The summed E-state index contributed by atoms with van der Waals surface area (Å²) in [6.07, 6.45) is 4.47. The van der Waals surface area contributed by atoms with Crippen LogP contribution in [0.1, 0.15) is 29.5 Å². The summed E-state index contributed by atoms with van der Waals surface area (Å²) in [7, 11) is 4.24. The zero-order valence-electron chi connectivity index (χ0n) is 15.5. The van der Waals surface area contributed by atoms with Crippen LogP contribution in [0.15, 0.2) is 30.8 Å². The first-order valence-corrected chi connectivity index (χ1v) is 8.97. The SMILES string of the molecule is C=Cc1c(C)c(C#N)c2nc3ccccc3n2c1N1CCC[C@H]1N(C)C. The molecule has 1 aromatic carbocycles. The number of fused-ring (bicyclic) bond motifs is 3. The Kier molecular flexibility index (Phi) is 3.93. The van der Waals surface area contributed by atoms with Gasteiger partial charge in [-0.15, -0.1) is 0 Å². The number of benzene rings is 1. The number of hydrogen-bond acceptors (Lipinski definition) is 4. The lowest BCUT2D eigenvalue weighted by molar-refractivity contribution is 0.300. The molecule has 0 radical (unpaired) electrons. The molecular formula is C21H23N5. The fraction of sp³-hybridized carbons (Fsp3) is 0.333. The third kappa shape index (κ3) is 2.23. The Balaban J connectivity index is 2.17. The summed E-state index contributed by atoms with van der Waals surface area (Å²) in [6, 6.07) is 10.4. The van der Waals surface area contributed by atoms with E-state index in [1.54, 1.807) is 0 Å². The fourth-order valence-electron chi connectivity index (χ4n) is 4.19. The molecule has 0 aliphatic carbocycles. The molecule has 0 saturated carbocycles. The van der Waals surface area contributed by atoms with Gasteiger partial charge >= 0.3 is 0 Å². The Morgan fingerprint density at radius 3 is 2.81 bits per heavy atom. The number of anilines is 1. The number of aromatic nitrogens is 2. The molecule has 1 fully saturated rings. The lowest BCUT2D eigenvalue weighted by atomic mass is 10.0. The van der Waals surface area contributed by atoms with E-state index in [0.29, 0.717) is 11.7 Å². The summed E-state index contributed by atoms with van der Waals surface area (Å²) in [5.74, 6) is 1.09. The van der Waals surface area contributed by atoms with Crippen molar-refractivity contribution in [3.8, 4) is 6.07 Å². The monoisotopic (exact) mass is 345 g/mol. The molecule has 2 aromatic heterocycles. The molecule has 5 nitrogen and oxygen atoms in total. The predicted molar refractivity (Wildman–Crippen MR) is 106 cm³/mol. The first-order valence-electron chi connectivity index (χ1n) is 8.97.